The standard InChI is InChI=1S/C4H7Cl3N2O3S2/c1-13-3(8)9-14(10,11)12-2-4(5,6)7/h2H2,1H3,(H2,8,9). The number of alkyl halides is 3. The summed E-state index contributed by atoms with van der Waals surface area (Å²) in [6, 6.07) is 0. The van der Waals surface area contributed by atoms with E-state index in [0.29, 0.717) is 0 Å². The van der Waals surface area contributed by atoms with Crippen LogP contribution in [0.5, 0.6) is 0 Å². The number of hydrogen-bond donors (Lipinski definition) is 1. The van der Waals surface area contributed by atoms with E-state index in [0.717, 1.165) is 11.8 Å². The van der Waals surface area contributed by atoms with Gasteiger partial charge in [0.2, 0.25) is 3.79 Å². The van der Waals surface area contributed by atoms with Gasteiger partial charge in [0.25, 0.3) is 0 Å². The minimum Gasteiger partial charge on any atom is -0.378 e. The van der Waals surface area contributed by atoms with Crippen LogP contribution in [0.25, 0.3) is 0 Å². The number of thioether (sulfide) groups is 1. The molecule has 0 aromatic carbocycles. The molecule has 5 nitrogen and oxygen atoms in total. The lowest BCUT2D eigenvalue weighted by Gasteiger charge is -2.08. The van der Waals surface area contributed by atoms with Gasteiger partial charge in [0, 0.05) is 0 Å². The Morgan fingerprint density at radius 3 is 2.43 bits per heavy atom. The monoisotopic (exact) mass is 300 g/mol. The lowest BCUT2D eigenvalue weighted by Crippen LogP contribution is -2.18. The summed E-state index contributed by atoms with van der Waals surface area (Å²) < 4.78 is 27.5. The maximum absolute atomic E-state index is 11.0. The van der Waals surface area contributed by atoms with E-state index in [2.05, 4.69) is 8.58 Å². The summed E-state index contributed by atoms with van der Waals surface area (Å²) in [5, 5.41) is -0.158. The molecular weight excluding hydrogens is 295 g/mol. The number of nitrogens with two attached hydrogens (primary N) is 1. The summed E-state index contributed by atoms with van der Waals surface area (Å²) in [6.45, 7) is -0.620. The molecule has 0 aliphatic rings. The van der Waals surface area contributed by atoms with E-state index >= 15 is 0 Å². The number of nitrogens with zero attached hydrogens (tertiary/aromatic N) is 1. The summed E-state index contributed by atoms with van der Waals surface area (Å²) >= 11 is 16.8. The zero-order valence-corrected chi connectivity index (χ0v) is 10.8. The second-order valence-electron chi connectivity index (χ2n) is 1.94. The van der Waals surface area contributed by atoms with Crippen LogP contribution < -0.4 is 5.73 Å². The second-order valence-corrected chi connectivity index (χ2v) is 6.56. The minimum absolute atomic E-state index is 0.158. The highest BCUT2D eigenvalue weighted by atomic mass is 35.6. The maximum Gasteiger partial charge on any atom is 0.383 e. The summed E-state index contributed by atoms with van der Waals surface area (Å²) in [5.41, 5.74) is 5.15. The van der Waals surface area contributed by atoms with Crippen LogP contribution in [-0.4, -0.2) is 30.2 Å². The van der Waals surface area contributed by atoms with Gasteiger partial charge in [-0.15, -0.1) is 4.40 Å². The number of halogens is 3. The molecule has 2 N–H and O–H groups in total. The highest BCUT2D eigenvalue weighted by Crippen LogP contribution is 2.26. The van der Waals surface area contributed by atoms with E-state index < -0.39 is 20.7 Å². The molecule has 0 bridgehead atoms. The fraction of sp³-hybridized carbons (Fsp3) is 0.750. The fourth-order valence-corrected chi connectivity index (χ4v) is 1.84. The molecule has 0 saturated heterocycles. The van der Waals surface area contributed by atoms with Crippen LogP contribution in [0.4, 0.5) is 0 Å². The molecule has 0 fully saturated rings. The SMILES string of the molecule is CSC(N)=NS(=O)(=O)OCC(Cl)(Cl)Cl. The molecule has 0 saturated carbocycles. The van der Waals surface area contributed by atoms with Crippen molar-refractivity contribution in [3.05, 3.63) is 0 Å². The van der Waals surface area contributed by atoms with Gasteiger partial charge >= 0.3 is 10.3 Å². The van der Waals surface area contributed by atoms with Crippen molar-refractivity contribution in [3.63, 3.8) is 0 Å². The molecule has 0 aliphatic heterocycles. The van der Waals surface area contributed by atoms with Crippen molar-refractivity contribution in [1.29, 1.82) is 0 Å². The Morgan fingerprint density at radius 2 is 2.07 bits per heavy atom. The molecular formula is C4H7Cl3N2O3S2. The molecule has 10 heteroatoms. The lowest BCUT2D eigenvalue weighted by atomic mass is 10.9. The molecule has 0 rings (SSSR count). The van der Waals surface area contributed by atoms with E-state index in [1.807, 2.05) is 0 Å². The second kappa shape index (κ2) is 5.62. The van der Waals surface area contributed by atoms with Crippen molar-refractivity contribution in [2.45, 2.75) is 3.79 Å². The highest BCUT2D eigenvalue weighted by molar-refractivity contribution is 8.13. The Kier molecular flexibility index (Phi) is 5.86. The highest BCUT2D eigenvalue weighted by Gasteiger charge is 2.24. The minimum atomic E-state index is -4.14. The zero-order valence-electron chi connectivity index (χ0n) is 6.91. The van der Waals surface area contributed by atoms with Gasteiger partial charge in [-0.1, -0.05) is 46.6 Å². The molecule has 0 amide bonds. The summed E-state index contributed by atoms with van der Waals surface area (Å²) in [6.07, 6.45) is 1.56. The Bertz CT molecular complexity index is 310. The van der Waals surface area contributed by atoms with E-state index in [4.69, 9.17) is 40.5 Å². The van der Waals surface area contributed by atoms with E-state index in [1.54, 1.807) is 6.26 Å². The molecule has 0 aliphatic carbocycles. The first kappa shape index (κ1) is 14.6. The Hall–Kier alpha value is 0.600. The van der Waals surface area contributed by atoms with Gasteiger partial charge in [-0.05, 0) is 6.26 Å². The largest absolute Gasteiger partial charge is 0.383 e. The van der Waals surface area contributed by atoms with Crippen molar-refractivity contribution in [2.75, 3.05) is 12.9 Å². The van der Waals surface area contributed by atoms with Gasteiger partial charge in [0.05, 0.1) is 0 Å². The van der Waals surface area contributed by atoms with Crippen LogP contribution in [0.3, 0.4) is 0 Å². The third-order valence-electron chi connectivity index (χ3n) is 0.782. The zero-order chi connectivity index (χ0) is 11.4. The third-order valence-corrected chi connectivity index (χ3v) is 2.57. The van der Waals surface area contributed by atoms with E-state index in [1.165, 1.54) is 0 Å². The molecule has 0 aromatic rings. The van der Waals surface area contributed by atoms with E-state index in [9.17, 15) is 8.42 Å². The quantitative estimate of drug-likeness (QED) is 0.482. The average molecular weight is 302 g/mol. The average Bonchev–Trinajstić information content (AvgIpc) is 1.99. The summed E-state index contributed by atoms with van der Waals surface area (Å²) in [4.78, 5) is 0. The topological polar surface area (TPSA) is 81.8 Å². The third kappa shape index (κ3) is 7.95. The molecule has 84 valence electrons. The molecule has 0 atom stereocenters. The van der Waals surface area contributed by atoms with Gasteiger partial charge < -0.3 is 5.73 Å². The van der Waals surface area contributed by atoms with Gasteiger partial charge in [0.1, 0.15) is 6.61 Å². The van der Waals surface area contributed by atoms with Gasteiger partial charge in [-0.25, -0.2) is 4.18 Å². The Labute approximate surface area is 101 Å². The molecule has 0 heterocycles. The van der Waals surface area contributed by atoms with Crippen LogP contribution >= 0.6 is 46.6 Å². The van der Waals surface area contributed by atoms with Gasteiger partial charge in [0.15, 0.2) is 5.17 Å². The Morgan fingerprint density at radius 1 is 1.57 bits per heavy atom. The first-order chi connectivity index (χ1) is 6.16. The first-order valence-electron chi connectivity index (χ1n) is 3.02. The molecule has 0 unspecified atom stereocenters. The normalized spacial score (nSPS) is 14.4. The van der Waals surface area contributed by atoms with Crippen LogP contribution in [0.1, 0.15) is 0 Å². The van der Waals surface area contributed by atoms with Crippen molar-refractivity contribution in [3.8, 4) is 0 Å². The predicted octanol–water partition coefficient (Wildman–Crippen LogP) is 1.30. The van der Waals surface area contributed by atoms with Crippen LogP contribution in [0.15, 0.2) is 4.40 Å². The van der Waals surface area contributed by atoms with Crippen molar-refractivity contribution in [1.82, 2.24) is 0 Å². The van der Waals surface area contributed by atoms with Crippen LogP contribution in [-0.2, 0) is 14.5 Å². The maximum atomic E-state index is 11.0. The first-order valence-corrected chi connectivity index (χ1v) is 6.74. The fourth-order valence-electron chi connectivity index (χ4n) is 0.315. The van der Waals surface area contributed by atoms with Crippen molar-refractivity contribution in [2.24, 2.45) is 10.1 Å². The smallest absolute Gasteiger partial charge is 0.378 e. The van der Waals surface area contributed by atoms with Gasteiger partial charge in [-0.3, -0.25) is 0 Å². The predicted molar refractivity (Wildman–Crippen MR) is 60.3 cm³/mol. The van der Waals surface area contributed by atoms with Gasteiger partial charge in [-0.2, -0.15) is 8.42 Å². The summed E-state index contributed by atoms with van der Waals surface area (Å²) in [5.74, 6) is 0. The Balaban J connectivity index is 4.38. The van der Waals surface area contributed by atoms with Crippen LogP contribution in [0, 0.1) is 0 Å². The van der Waals surface area contributed by atoms with E-state index in [-0.39, 0.29) is 5.17 Å². The molecule has 0 aromatic heterocycles. The van der Waals surface area contributed by atoms with Crippen molar-refractivity contribution >= 4 is 62.0 Å². The number of hydrogen-bond acceptors (Lipinski definition) is 4. The lowest BCUT2D eigenvalue weighted by molar-refractivity contribution is 0.326. The molecule has 14 heavy (non-hydrogen) atoms. The van der Waals surface area contributed by atoms with Crippen LogP contribution in [0.2, 0.25) is 0 Å². The van der Waals surface area contributed by atoms with Crippen molar-refractivity contribution < 1.29 is 12.6 Å². The number of amidine groups is 1. The summed E-state index contributed by atoms with van der Waals surface area (Å²) in [7, 11) is -4.14. The number of rotatable bonds is 3. The molecule has 0 spiro atoms. The molecule has 0 radical (unpaired) electrons.